The Hall–Kier alpha value is -13.9. The van der Waals surface area contributed by atoms with Crippen molar-refractivity contribution in [2.75, 3.05) is 97.2 Å². The van der Waals surface area contributed by atoms with Crippen LogP contribution in [0.5, 0.6) is 23.0 Å². The SMILES string of the molecule is COc1cc(F)cc2c1nc(N)n1nc([C@@H]3CC[C@@H](C)N(c4cnn(CC(C)(C)O)c4)C3)nc21.COc1cc(F)cc2c1nc(N)n1nc([C@@H]3CC[C@H](C)N(c4cnn(CC(C)(C)O)c4)C3)nc21.COc1cc(F)cc2c1nc(N)n1nc([C@H]3CC[C@@H](C)N(c4cnn(CC(C)(C)O)c4)C3)nc21.COc1cc(F)cc2c1nc(N)n1nc([C@H]3CC[C@H](C)N(c4cnn(CC(C)(C)O)c4)C3)nc21. The summed E-state index contributed by atoms with van der Waals surface area (Å²) in [6.07, 6.45) is 22.6. The van der Waals surface area contributed by atoms with E-state index in [-0.39, 0.29) is 47.5 Å². The predicted molar refractivity (Wildman–Crippen MR) is 506 cm³/mol. The van der Waals surface area contributed by atoms with E-state index in [4.69, 9.17) is 61.8 Å². The smallest absolute Gasteiger partial charge is 0.223 e. The number of aliphatic hydroxyl groups is 4. The molecule has 20 rings (SSSR count). The Bertz CT molecular complexity index is 6270. The van der Waals surface area contributed by atoms with Crippen molar-refractivity contribution in [3.05, 3.63) is 145 Å². The third-order valence-electron chi connectivity index (χ3n) is 25.3. The van der Waals surface area contributed by atoms with Gasteiger partial charge in [0.15, 0.2) is 45.9 Å². The highest BCUT2D eigenvalue weighted by Gasteiger charge is 2.38. The van der Waals surface area contributed by atoms with Crippen molar-refractivity contribution < 1.29 is 56.9 Å². The van der Waals surface area contributed by atoms with Crippen molar-refractivity contribution in [3.8, 4) is 23.0 Å². The molecule has 4 aliphatic rings. The van der Waals surface area contributed by atoms with Gasteiger partial charge >= 0.3 is 0 Å². The van der Waals surface area contributed by atoms with Crippen molar-refractivity contribution in [2.45, 2.75) is 231 Å². The number of benzene rings is 4. The fourth-order valence-corrected chi connectivity index (χ4v) is 18.7. The topological polar surface area (TPSA) is 478 Å². The van der Waals surface area contributed by atoms with Gasteiger partial charge in [0, 0.05) is 123 Å². The summed E-state index contributed by atoms with van der Waals surface area (Å²) < 4.78 is 91.0. The molecular weight excluding hydrogens is 1760 g/mol. The number of methoxy groups -OCH3 is 4. The largest absolute Gasteiger partial charge is 0.494 e. The van der Waals surface area contributed by atoms with Gasteiger partial charge in [-0.3, -0.25) is 18.7 Å². The van der Waals surface area contributed by atoms with Gasteiger partial charge in [-0.1, -0.05) is 0 Å². The van der Waals surface area contributed by atoms with Gasteiger partial charge in [0.25, 0.3) is 0 Å². The Balaban J connectivity index is 0.000000126. The van der Waals surface area contributed by atoms with Gasteiger partial charge in [0.05, 0.1) is 146 Å². The molecule has 0 radical (unpaired) electrons. The van der Waals surface area contributed by atoms with Gasteiger partial charge in [0.1, 0.15) is 68.3 Å². The molecule has 136 heavy (non-hydrogen) atoms. The summed E-state index contributed by atoms with van der Waals surface area (Å²) in [5.74, 6) is 2.89. The van der Waals surface area contributed by atoms with Gasteiger partial charge in [-0.05, 0) is 159 Å². The third kappa shape index (κ3) is 19.7. The first-order valence-electron chi connectivity index (χ1n) is 45.3. The van der Waals surface area contributed by atoms with Crippen LogP contribution in [0.25, 0.3) is 66.2 Å². The molecule has 0 amide bonds. The van der Waals surface area contributed by atoms with E-state index < -0.39 is 45.7 Å². The van der Waals surface area contributed by atoms with Crippen molar-refractivity contribution >= 4 is 113 Å². The van der Waals surface area contributed by atoms with Gasteiger partial charge in [0.2, 0.25) is 23.8 Å². The van der Waals surface area contributed by atoms with Crippen molar-refractivity contribution in [2.24, 2.45) is 0 Å². The van der Waals surface area contributed by atoms with E-state index in [1.165, 1.54) is 95.0 Å². The fraction of sp³-hybridized carbons (Fsp3) is 0.478. The number of ether oxygens (including phenoxy) is 4. The molecule has 4 saturated heterocycles. The highest BCUT2D eigenvalue weighted by atomic mass is 19.1. The molecule has 16 heterocycles. The molecule has 8 atom stereocenters. The van der Waals surface area contributed by atoms with Crippen molar-refractivity contribution in [3.63, 3.8) is 0 Å². The Morgan fingerprint density at radius 1 is 0.316 bits per heavy atom. The molecule has 0 saturated carbocycles. The first kappa shape index (κ1) is 93.9. The Morgan fingerprint density at radius 3 is 0.699 bits per heavy atom. The number of nitrogens with zero attached hydrogens (tertiary/aromatic N) is 28. The zero-order valence-corrected chi connectivity index (χ0v) is 78.9. The molecule has 4 aromatic carbocycles. The lowest BCUT2D eigenvalue weighted by Gasteiger charge is -2.37. The minimum atomic E-state index is -0.849. The lowest BCUT2D eigenvalue weighted by Crippen LogP contribution is -2.41. The van der Waals surface area contributed by atoms with E-state index in [2.05, 4.69) is 108 Å². The van der Waals surface area contributed by atoms with E-state index >= 15 is 0 Å². The predicted octanol–water partition coefficient (Wildman–Crippen LogP) is 11.0. The summed E-state index contributed by atoms with van der Waals surface area (Å²) in [5, 5.41) is 78.7. The fourth-order valence-electron chi connectivity index (χ4n) is 18.7. The van der Waals surface area contributed by atoms with Crippen LogP contribution in [0.2, 0.25) is 0 Å². The second-order valence-electron chi connectivity index (χ2n) is 38.7. The van der Waals surface area contributed by atoms with Gasteiger partial charge in [-0.25, -0.2) is 57.4 Å². The molecule has 0 spiro atoms. The Morgan fingerprint density at radius 2 is 0.515 bits per heavy atom. The van der Waals surface area contributed by atoms with Gasteiger partial charge in [-0.15, -0.1) is 20.4 Å². The molecule has 4 fully saturated rings. The van der Waals surface area contributed by atoms with Crippen LogP contribution in [-0.4, -0.2) is 239 Å². The molecule has 720 valence electrons. The number of fused-ring (bicyclic) bond motifs is 12. The summed E-state index contributed by atoms with van der Waals surface area (Å²) in [4.78, 5) is 45.8. The van der Waals surface area contributed by atoms with E-state index in [1.807, 2.05) is 49.6 Å². The lowest BCUT2D eigenvalue weighted by atomic mass is 9.92. The number of hydrogen-bond donors (Lipinski definition) is 8. The summed E-state index contributed by atoms with van der Waals surface area (Å²) in [7, 11) is 5.86. The lowest BCUT2D eigenvalue weighted by molar-refractivity contribution is 0.0571. The molecule has 0 bridgehead atoms. The average Bonchev–Trinajstić information content (AvgIpc) is 1.62. The Kier molecular flexibility index (Phi) is 25.4. The Labute approximate surface area is 779 Å². The van der Waals surface area contributed by atoms with Crippen LogP contribution in [0.4, 0.5) is 64.1 Å². The highest BCUT2D eigenvalue weighted by molar-refractivity contribution is 5.99. The van der Waals surface area contributed by atoms with Crippen molar-refractivity contribution in [1.29, 1.82) is 0 Å². The van der Waals surface area contributed by atoms with E-state index in [1.54, 1.807) is 74.1 Å². The molecule has 0 aliphatic carbocycles. The standard InChI is InChI=1S/4C23H29FN8O2/c4*1-13-5-6-14(10-31(13)16-9-26-30(11-16)12-23(2,3)33)20-28-21-17-7-15(24)8-18(34-4)19(17)27-22(25)32(21)29-20/h4*7-9,11,13-14,33H,5-6,10,12H2,1-4H3,(H2,25,27)/t2*13-,14+;2*13-,14-/m1010/s1. The molecule has 12 N–H and O–H groups in total. The molecule has 40 nitrogen and oxygen atoms in total. The number of piperidine rings is 4. The van der Waals surface area contributed by atoms with Crippen LogP contribution in [0.15, 0.2) is 98.1 Å². The number of hydrogen-bond acceptors (Lipinski definition) is 32. The summed E-state index contributed by atoms with van der Waals surface area (Å²) in [6.45, 7) is 27.3. The highest BCUT2D eigenvalue weighted by Crippen LogP contribution is 2.42. The summed E-state index contributed by atoms with van der Waals surface area (Å²) in [5.41, 5.74) is 28.9. The van der Waals surface area contributed by atoms with E-state index in [9.17, 15) is 38.0 Å². The number of halogens is 4. The quantitative estimate of drug-likeness (QED) is 0.0329. The van der Waals surface area contributed by atoms with Crippen LogP contribution in [0, 0.1) is 23.3 Å². The summed E-state index contributed by atoms with van der Waals surface area (Å²) >= 11 is 0. The number of rotatable bonds is 20. The maximum Gasteiger partial charge on any atom is 0.223 e. The first-order chi connectivity index (χ1) is 64.5. The first-order valence-corrected chi connectivity index (χ1v) is 45.3. The molecule has 0 unspecified atom stereocenters. The number of anilines is 8. The third-order valence-corrected chi connectivity index (χ3v) is 25.3. The molecule has 4 aliphatic heterocycles. The zero-order chi connectivity index (χ0) is 96.8. The molecule has 44 heteroatoms. The summed E-state index contributed by atoms with van der Waals surface area (Å²) in [6, 6.07) is 11.9. The van der Waals surface area contributed by atoms with E-state index in [0.29, 0.717) is 189 Å². The maximum atomic E-state index is 14.2. The zero-order valence-electron chi connectivity index (χ0n) is 78.9. The van der Waals surface area contributed by atoms with Crippen LogP contribution in [-0.2, 0) is 26.2 Å². The minimum absolute atomic E-state index is 0.0543. The second-order valence-corrected chi connectivity index (χ2v) is 38.7. The molecule has 16 aromatic rings. The van der Waals surface area contributed by atoms with Gasteiger partial charge in [-0.2, -0.15) is 38.5 Å². The number of aromatic nitrogens is 24. The maximum absolute atomic E-state index is 14.2. The number of nitrogens with two attached hydrogens (primary N) is 4. The molecular formula is C92H116F4N32O8. The van der Waals surface area contributed by atoms with E-state index in [0.717, 1.165) is 74.1 Å². The van der Waals surface area contributed by atoms with Crippen LogP contribution >= 0.6 is 0 Å². The van der Waals surface area contributed by atoms with Crippen LogP contribution in [0.1, 0.15) is 181 Å². The second kappa shape index (κ2) is 36.7. The number of nitrogen functional groups attached to an aromatic ring is 4. The van der Waals surface area contributed by atoms with Crippen LogP contribution in [0.3, 0.4) is 0 Å². The minimum Gasteiger partial charge on any atom is -0.494 e. The average molecular weight is 1870 g/mol. The normalized spacial score (nSPS) is 19.3. The van der Waals surface area contributed by atoms with Crippen molar-refractivity contribution in [1.82, 2.24) is 117 Å². The van der Waals surface area contributed by atoms with Crippen LogP contribution < -0.4 is 61.5 Å². The molecule has 12 aromatic heterocycles. The van der Waals surface area contributed by atoms with Gasteiger partial charge < -0.3 is 81.9 Å². The monoisotopic (exact) mass is 1870 g/mol.